The zero-order valence-corrected chi connectivity index (χ0v) is 13.6. The van der Waals surface area contributed by atoms with Gasteiger partial charge in [0.25, 0.3) is 0 Å². The summed E-state index contributed by atoms with van der Waals surface area (Å²) in [5, 5.41) is 17.0. The van der Waals surface area contributed by atoms with Crippen molar-refractivity contribution in [1.82, 2.24) is 19.3 Å². The second-order valence-corrected chi connectivity index (χ2v) is 7.82. The third kappa shape index (κ3) is 2.39. The van der Waals surface area contributed by atoms with Gasteiger partial charge < -0.3 is 4.74 Å². The smallest absolute Gasteiger partial charge is 0.243 e. The van der Waals surface area contributed by atoms with Gasteiger partial charge in [-0.1, -0.05) is 11.3 Å². The Bertz CT molecular complexity index is 917. The van der Waals surface area contributed by atoms with E-state index in [0.29, 0.717) is 25.1 Å². The summed E-state index contributed by atoms with van der Waals surface area (Å²) in [7, 11) is -3.65. The Balaban J connectivity index is 1.60. The Morgan fingerprint density at radius 3 is 3.08 bits per heavy atom. The number of sulfonamides is 1. The lowest BCUT2D eigenvalue weighted by atomic mass is 10.0. The zero-order chi connectivity index (χ0) is 16.7. The summed E-state index contributed by atoms with van der Waals surface area (Å²) in [4.78, 5) is 0.136. The fraction of sp³-hybridized carbons (Fsp3) is 0.400. The summed E-state index contributed by atoms with van der Waals surface area (Å²) in [5.41, 5.74) is 1.24. The molecule has 2 atom stereocenters. The highest BCUT2D eigenvalue weighted by molar-refractivity contribution is 7.89. The van der Waals surface area contributed by atoms with E-state index in [9.17, 15) is 8.42 Å². The fourth-order valence-corrected chi connectivity index (χ4v) is 4.77. The van der Waals surface area contributed by atoms with Crippen molar-refractivity contribution >= 4 is 10.0 Å². The van der Waals surface area contributed by atoms with E-state index in [2.05, 4.69) is 10.3 Å². The van der Waals surface area contributed by atoms with Gasteiger partial charge in [-0.2, -0.15) is 9.57 Å². The molecule has 0 radical (unpaired) electrons. The molecule has 0 N–H and O–H groups in total. The minimum absolute atomic E-state index is 0.00754. The van der Waals surface area contributed by atoms with Crippen LogP contribution in [0.3, 0.4) is 0 Å². The number of piperidine rings is 1. The molecule has 0 unspecified atom stereocenters. The molecule has 24 heavy (non-hydrogen) atoms. The van der Waals surface area contributed by atoms with Crippen LogP contribution in [0.2, 0.25) is 0 Å². The number of hydrogen-bond acceptors (Lipinski definition) is 6. The number of ether oxygens (including phenoxy) is 1. The van der Waals surface area contributed by atoms with E-state index in [-0.39, 0.29) is 23.6 Å². The topological polar surface area (TPSA) is 101 Å². The third-order valence-corrected chi connectivity index (χ3v) is 6.36. The van der Waals surface area contributed by atoms with E-state index >= 15 is 0 Å². The number of nitrogens with zero attached hydrogens (tertiary/aromatic N) is 5. The molecule has 0 saturated carbocycles. The second-order valence-electron chi connectivity index (χ2n) is 5.88. The number of nitriles is 1. The van der Waals surface area contributed by atoms with Crippen LogP contribution in [0.1, 0.15) is 23.7 Å². The first-order chi connectivity index (χ1) is 11.6. The molecule has 3 heterocycles. The molecular formula is C15H15N5O3S. The van der Waals surface area contributed by atoms with E-state index in [0.717, 1.165) is 5.69 Å². The quantitative estimate of drug-likeness (QED) is 0.793. The van der Waals surface area contributed by atoms with Gasteiger partial charge in [-0.3, -0.25) is 0 Å². The fourth-order valence-electron chi connectivity index (χ4n) is 3.25. The predicted molar refractivity (Wildman–Crippen MR) is 82.2 cm³/mol. The van der Waals surface area contributed by atoms with Crippen molar-refractivity contribution in [2.24, 2.45) is 0 Å². The number of aromatic nitrogens is 3. The maximum Gasteiger partial charge on any atom is 0.243 e. The SMILES string of the molecule is N#Cc1cccc(S(=O)(=O)N2CC[C@H]3[C@H](C2)OCc2cnnn23)c1. The molecule has 1 aromatic carbocycles. The molecule has 2 aliphatic rings. The maximum atomic E-state index is 12.9. The first-order valence-corrected chi connectivity index (χ1v) is 9.04. The van der Waals surface area contributed by atoms with Crippen LogP contribution < -0.4 is 0 Å². The zero-order valence-electron chi connectivity index (χ0n) is 12.7. The normalized spacial score (nSPS) is 24.0. The third-order valence-electron chi connectivity index (χ3n) is 4.50. The van der Waals surface area contributed by atoms with Crippen molar-refractivity contribution in [3.8, 4) is 6.07 Å². The van der Waals surface area contributed by atoms with Gasteiger partial charge in [0.05, 0.1) is 47.2 Å². The minimum atomic E-state index is -3.65. The molecule has 0 spiro atoms. The van der Waals surface area contributed by atoms with Crippen LogP contribution in [0, 0.1) is 11.3 Å². The minimum Gasteiger partial charge on any atom is -0.368 e. The highest BCUT2D eigenvalue weighted by atomic mass is 32.2. The first kappa shape index (κ1) is 15.3. The van der Waals surface area contributed by atoms with E-state index in [4.69, 9.17) is 10.00 Å². The summed E-state index contributed by atoms with van der Waals surface area (Å²) < 4.78 is 34.8. The van der Waals surface area contributed by atoms with Gasteiger partial charge in [0, 0.05) is 13.1 Å². The number of rotatable bonds is 2. The molecular weight excluding hydrogens is 330 g/mol. The summed E-state index contributed by atoms with van der Waals surface area (Å²) in [5.74, 6) is 0. The van der Waals surface area contributed by atoms with Crippen LogP contribution in [-0.4, -0.2) is 46.9 Å². The van der Waals surface area contributed by atoms with Crippen LogP contribution in [0.25, 0.3) is 0 Å². The van der Waals surface area contributed by atoms with E-state index < -0.39 is 10.0 Å². The van der Waals surface area contributed by atoms with Crippen molar-refractivity contribution in [2.75, 3.05) is 13.1 Å². The van der Waals surface area contributed by atoms with Gasteiger partial charge in [-0.25, -0.2) is 13.1 Å². The van der Waals surface area contributed by atoms with Gasteiger partial charge in [0.2, 0.25) is 10.0 Å². The van der Waals surface area contributed by atoms with Gasteiger partial charge in [0.15, 0.2) is 0 Å². The van der Waals surface area contributed by atoms with Crippen LogP contribution in [0.4, 0.5) is 0 Å². The molecule has 9 heteroatoms. The summed E-state index contributed by atoms with van der Waals surface area (Å²) in [6.45, 7) is 1.03. The summed E-state index contributed by atoms with van der Waals surface area (Å²) in [6.07, 6.45) is 2.03. The van der Waals surface area contributed by atoms with Crippen LogP contribution >= 0.6 is 0 Å². The Morgan fingerprint density at radius 1 is 1.38 bits per heavy atom. The Kier molecular flexibility index (Phi) is 3.60. The molecule has 1 saturated heterocycles. The van der Waals surface area contributed by atoms with Crippen LogP contribution in [-0.2, 0) is 21.4 Å². The number of fused-ring (bicyclic) bond motifs is 3. The Labute approximate surface area is 139 Å². The number of hydrogen-bond donors (Lipinski definition) is 0. The molecule has 0 aliphatic carbocycles. The molecule has 2 aliphatic heterocycles. The predicted octanol–water partition coefficient (Wildman–Crippen LogP) is 0.684. The van der Waals surface area contributed by atoms with Crippen LogP contribution in [0.5, 0.6) is 0 Å². The van der Waals surface area contributed by atoms with Crippen molar-refractivity contribution in [2.45, 2.75) is 30.1 Å². The van der Waals surface area contributed by atoms with E-state index in [1.165, 1.54) is 16.4 Å². The van der Waals surface area contributed by atoms with Gasteiger partial charge >= 0.3 is 0 Å². The monoisotopic (exact) mass is 345 g/mol. The lowest BCUT2D eigenvalue weighted by Gasteiger charge is -2.40. The van der Waals surface area contributed by atoms with Crippen molar-refractivity contribution < 1.29 is 13.2 Å². The molecule has 124 valence electrons. The average Bonchev–Trinajstić information content (AvgIpc) is 3.10. The Morgan fingerprint density at radius 2 is 2.25 bits per heavy atom. The summed E-state index contributed by atoms with van der Waals surface area (Å²) >= 11 is 0. The maximum absolute atomic E-state index is 12.9. The van der Waals surface area contributed by atoms with Crippen molar-refractivity contribution in [3.05, 3.63) is 41.7 Å². The van der Waals surface area contributed by atoms with Gasteiger partial charge in [-0.05, 0) is 24.6 Å². The Hall–Kier alpha value is -2.28. The molecule has 4 rings (SSSR count). The molecule has 0 bridgehead atoms. The second kappa shape index (κ2) is 5.66. The standard InChI is InChI=1S/C15H15N5O3S/c16-7-11-2-1-3-13(6-11)24(21,22)19-5-4-14-15(9-19)23-10-12-8-17-18-20(12)14/h1-3,6,8,14-15H,4-5,9-10H2/t14-,15-/m0/s1. The van der Waals surface area contributed by atoms with E-state index in [1.807, 2.05) is 10.8 Å². The molecule has 0 amide bonds. The van der Waals surface area contributed by atoms with E-state index in [1.54, 1.807) is 18.3 Å². The lowest BCUT2D eigenvalue weighted by molar-refractivity contribution is -0.0543. The first-order valence-electron chi connectivity index (χ1n) is 7.60. The molecule has 1 fully saturated rings. The van der Waals surface area contributed by atoms with Crippen molar-refractivity contribution in [3.63, 3.8) is 0 Å². The average molecular weight is 345 g/mol. The number of benzene rings is 1. The lowest BCUT2D eigenvalue weighted by Crippen LogP contribution is -2.50. The highest BCUT2D eigenvalue weighted by Gasteiger charge is 2.40. The highest BCUT2D eigenvalue weighted by Crippen LogP contribution is 2.32. The summed E-state index contributed by atoms with van der Waals surface area (Å²) in [6, 6.07) is 8.06. The van der Waals surface area contributed by atoms with Gasteiger partial charge in [-0.15, -0.1) is 5.10 Å². The van der Waals surface area contributed by atoms with Crippen LogP contribution in [0.15, 0.2) is 35.4 Å². The molecule has 8 nitrogen and oxygen atoms in total. The van der Waals surface area contributed by atoms with Crippen molar-refractivity contribution in [1.29, 1.82) is 5.26 Å². The molecule has 2 aromatic rings. The van der Waals surface area contributed by atoms with Gasteiger partial charge in [0.1, 0.15) is 0 Å². The largest absolute Gasteiger partial charge is 0.368 e. The molecule has 1 aromatic heterocycles.